The first-order chi connectivity index (χ1) is 28.6. The summed E-state index contributed by atoms with van der Waals surface area (Å²) in [6, 6.07) is 0. The molecule has 0 aliphatic rings. The summed E-state index contributed by atoms with van der Waals surface area (Å²) >= 11 is 0. The van der Waals surface area contributed by atoms with E-state index in [0.29, 0.717) is 23.9 Å². The lowest BCUT2D eigenvalue weighted by Crippen LogP contribution is -2.44. The number of carboxylic acid groups (broad SMARTS) is 1. The van der Waals surface area contributed by atoms with Gasteiger partial charge in [0.15, 0.2) is 12.4 Å². The van der Waals surface area contributed by atoms with Gasteiger partial charge in [-0.1, -0.05) is 144 Å². The number of ether oxygens (including phenoxy) is 4. The van der Waals surface area contributed by atoms with Crippen molar-refractivity contribution < 1.29 is 42.9 Å². The van der Waals surface area contributed by atoms with E-state index in [4.69, 9.17) is 18.9 Å². The van der Waals surface area contributed by atoms with Crippen LogP contribution in [0.2, 0.25) is 0 Å². The van der Waals surface area contributed by atoms with Gasteiger partial charge in [-0.15, -0.1) is 0 Å². The molecule has 0 aliphatic carbocycles. The number of carbonyl (C=O) groups excluding carboxylic acids is 3. The summed E-state index contributed by atoms with van der Waals surface area (Å²) in [7, 11) is 5.89. The van der Waals surface area contributed by atoms with E-state index in [1.54, 1.807) is 0 Å². The Kier molecular flexibility index (Phi) is 38.7. The quantitative estimate of drug-likeness (QED) is 0.0197. The number of aliphatic carboxylic acids is 1. The van der Waals surface area contributed by atoms with E-state index < -0.39 is 24.3 Å². The van der Waals surface area contributed by atoms with Crippen molar-refractivity contribution in [2.75, 3.05) is 47.5 Å². The molecule has 0 heterocycles. The van der Waals surface area contributed by atoms with E-state index in [1.165, 1.54) is 6.42 Å². The fourth-order valence-electron chi connectivity index (χ4n) is 5.60. The minimum atomic E-state index is -1.63. The van der Waals surface area contributed by atoms with Crippen molar-refractivity contribution in [3.63, 3.8) is 0 Å². The summed E-state index contributed by atoms with van der Waals surface area (Å²) in [5, 5.41) is 11.7. The van der Waals surface area contributed by atoms with E-state index in [9.17, 15) is 19.5 Å². The highest BCUT2D eigenvalue weighted by atomic mass is 16.7. The van der Waals surface area contributed by atoms with Crippen molar-refractivity contribution in [1.82, 2.24) is 0 Å². The Morgan fingerprint density at radius 1 is 0.525 bits per heavy atom. The molecule has 2 unspecified atom stereocenters. The number of unbranched alkanes of at least 4 members (excludes halogenated alkanes) is 11. The fraction of sp³-hybridized carbons (Fsp3) is 0.660. The van der Waals surface area contributed by atoms with Crippen LogP contribution in [0, 0.1) is 0 Å². The lowest BCUT2D eigenvalue weighted by Gasteiger charge is -2.26. The first-order valence-electron chi connectivity index (χ1n) is 22.7. The number of hydrogen-bond donors (Lipinski definition) is 0. The Labute approximate surface area is 359 Å². The monoisotopic (exact) mass is 826 g/mol. The van der Waals surface area contributed by atoms with Gasteiger partial charge >= 0.3 is 11.9 Å². The van der Waals surface area contributed by atoms with Gasteiger partial charge < -0.3 is 33.3 Å². The first kappa shape index (κ1) is 55.5. The second-order valence-electron chi connectivity index (χ2n) is 16.0. The summed E-state index contributed by atoms with van der Waals surface area (Å²) in [5.41, 5.74) is 0. The highest BCUT2D eigenvalue weighted by Gasteiger charge is 2.21. The van der Waals surface area contributed by atoms with Crippen LogP contribution in [0.25, 0.3) is 0 Å². The highest BCUT2D eigenvalue weighted by Crippen LogP contribution is 2.12. The molecule has 0 saturated heterocycles. The molecule has 0 N–H and O–H groups in total. The van der Waals surface area contributed by atoms with Crippen molar-refractivity contribution in [1.29, 1.82) is 0 Å². The Balaban J connectivity index is 4.49. The van der Waals surface area contributed by atoms with Gasteiger partial charge in [0.1, 0.15) is 13.2 Å². The molecule has 0 saturated carbocycles. The number of rotatable bonds is 40. The van der Waals surface area contributed by atoms with Crippen molar-refractivity contribution in [3.8, 4) is 0 Å². The average Bonchev–Trinajstić information content (AvgIpc) is 3.19. The molecule has 9 nitrogen and oxygen atoms in total. The predicted molar refractivity (Wildman–Crippen MR) is 241 cm³/mol. The lowest BCUT2D eigenvalue weighted by molar-refractivity contribution is -0.870. The number of hydrogen-bond acceptors (Lipinski definition) is 8. The van der Waals surface area contributed by atoms with E-state index in [1.807, 2.05) is 21.1 Å². The third-order valence-electron chi connectivity index (χ3n) is 9.11. The molecule has 0 aromatic heterocycles. The third kappa shape index (κ3) is 42.4. The number of esters is 2. The van der Waals surface area contributed by atoms with Crippen LogP contribution in [0.1, 0.15) is 155 Å². The Morgan fingerprint density at radius 2 is 0.966 bits per heavy atom. The Bertz CT molecular complexity index is 1240. The predicted octanol–water partition coefficient (Wildman–Crippen LogP) is 10.8. The maximum atomic E-state index is 12.8. The molecule has 59 heavy (non-hydrogen) atoms. The molecular weight excluding hydrogens is 743 g/mol. The molecule has 0 bridgehead atoms. The van der Waals surface area contributed by atoms with Crippen LogP contribution >= 0.6 is 0 Å². The van der Waals surface area contributed by atoms with E-state index in [0.717, 1.165) is 109 Å². The van der Waals surface area contributed by atoms with Crippen LogP contribution in [-0.4, -0.2) is 82.3 Å². The van der Waals surface area contributed by atoms with Gasteiger partial charge in [-0.05, 0) is 83.5 Å². The van der Waals surface area contributed by atoms with Gasteiger partial charge in [-0.25, -0.2) is 0 Å². The molecule has 336 valence electrons. The SMILES string of the molecule is CC/C=C\C/C=C\C/C=C\C/C=C\C/C=C\CCCCCCCC(=O)OC(COC(=O)CCCCCCC/C=C\C/C=C\CCC)COC(OCC[N+](C)(C)C)C(=O)[O-]. The fourth-order valence-corrected chi connectivity index (χ4v) is 5.60. The summed E-state index contributed by atoms with van der Waals surface area (Å²) < 4.78 is 22.5. The van der Waals surface area contributed by atoms with E-state index in [2.05, 4.69) is 98.9 Å². The maximum Gasteiger partial charge on any atom is 0.306 e. The maximum absolute atomic E-state index is 12.8. The molecule has 0 aliphatic heterocycles. The minimum absolute atomic E-state index is 0.136. The minimum Gasteiger partial charge on any atom is -0.545 e. The molecule has 0 fully saturated rings. The number of quaternary nitrogens is 1. The number of carbonyl (C=O) groups is 3. The second kappa shape index (κ2) is 41.2. The molecule has 0 aromatic carbocycles. The molecule has 0 radical (unpaired) electrons. The molecule has 9 heteroatoms. The first-order valence-corrected chi connectivity index (χ1v) is 22.7. The smallest absolute Gasteiger partial charge is 0.306 e. The Morgan fingerprint density at radius 3 is 1.44 bits per heavy atom. The van der Waals surface area contributed by atoms with Gasteiger partial charge in [0.05, 0.1) is 40.3 Å². The number of nitrogens with zero attached hydrogens (tertiary/aromatic N) is 1. The normalized spacial score (nSPS) is 13.7. The van der Waals surface area contributed by atoms with Gasteiger partial charge in [0, 0.05) is 12.8 Å². The second-order valence-corrected chi connectivity index (χ2v) is 16.0. The van der Waals surface area contributed by atoms with Crippen molar-refractivity contribution in [2.24, 2.45) is 0 Å². The van der Waals surface area contributed by atoms with Crippen LogP contribution in [0.15, 0.2) is 85.1 Å². The zero-order chi connectivity index (χ0) is 43.5. The molecule has 0 amide bonds. The summed E-state index contributed by atoms with van der Waals surface area (Å²) in [6.07, 6.45) is 49.0. The zero-order valence-electron chi connectivity index (χ0n) is 37.8. The molecule has 2 atom stereocenters. The molecule has 0 rings (SSSR count). The Hall–Kier alpha value is -3.53. The lowest BCUT2D eigenvalue weighted by atomic mass is 10.1. The zero-order valence-corrected chi connectivity index (χ0v) is 37.8. The van der Waals surface area contributed by atoms with Crippen LogP contribution in [0.5, 0.6) is 0 Å². The number of carboxylic acids is 1. The van der Waals surface area contributed by atoms with Gasteiger partial charge in [0.25, 0.3) is 0 Å². The summed E-state index contributed by atoms with van der Waals surface area (Å²) in [5.74, 6) is -2.34. The summed E-state index contributed by atoms with van der Waals surface area (Å²) in [6.45, 7) is 4.49. The van der Waals surface area contributed by atoms with Gasteiger partial charge in [0.2, 0.25) is 0 Å². The number of likely N-dealkylation sites (N-methyl/N-ethyl adjacent to an activating group) is 1. The van der Waals surface area contributed by atoms with Crippen LogP contribution < -0.4 is 5.11 Å². The number of allylic oxidation sites excluding steroid dienone is 14. The van der Waals surface area contributed by atoms with Crippen molar-refractivity contribution in [2.45, 2.75) is 167 Å². The summed E-state index contributed by atoms with van der Waals surface area (Å²) in [4.78, 5) is 37.0. The van der Waals surface area contributed by atoms with Gasteiger partial charge in [-0.3, -0.25) is 9.59 Å². The molecule has 0 spiro atoms. The van der Waals surface area contributed by atoms with Crippen molar-refractivity contribution in [3.05, 3.63) is 85.1 Å². The molecular formula is C50H83NO8. The highest BCUT2D eigenvalue weighted by molar-refractivity contribution is 5.70. The molecule has 0 aromatic rings. The van der Waals surface area contributed by atoms with Crippen molar-refractivity contribution >= 4 is 17.9 Å². The standard InChI is InChI=1S/C50H83NO8/c1-6-8-10-12-14-16-18-20-21-22-23-24-25-26-27-29-31-33-35-37-39-41-48(53)59-46(45-58-50(49(54)55)56-43-42-51(3,4)5)44-57-47(52)40-38-36-34-32-30-28-19-17-15-13-11-9-7-2/h8,10-11,13-14,16-17,19-21,23-24,26-27,46,50H,6-7,9,12,15,18,22,25,28-45H2,1-5H3/b10-8-,13-11-,16-14-,19-17-,21-20-,24-23-,27-26-. The van der Waals surface area contributed by atoms with Crippen LogP contribution in [-0.2, 0) is 33.3 Å². The van der Waals surface area contributed by atoms with Crippen LogP contribution in [0.3, 0.4) is 0 Å². The van der Waals surface area contributed by atoms with Crippen LogP contribution in [0.4, 0.5) is 0 Å². The van der Waals surface area contributed by atoms with Gasteiger partial charge in [-0.2, -0.15) is 0 Å². The van der Waals surface area contributed by atoms with E-state index >= 15 is 0 Å². The van der Waals surface area contributed by atoms with E-state index in [-0.39, 0.29) is 38.6 Å². The topological polar surface area (TPSA) is 111 Å². The third-order valence-corrected chi connectivity index (χ3v) is 9.11. The average molecular weight is 826 g/mol. The largest absolute Gasteiger partial charge is 0.545 e.